The molecule has 126 valence electrons. The molecule has 1 amide bonds. The average molecular weight is 333 g/mol. The number of ether oxygens (including phenoxy) is 1. The highest BCUT2D eigenvalue weighted by Gasteiger charge is 2.30. The molecule has 1 aromatic carbocycles. The minimum atomic E-state index is -4.48. The highest BCUT2D eigenvalue weighted by molar-refractivity contribution is 5.85. The van der Waals surface area contributed by atoms with E-state index in [1.54, 1.807) is 0 Å². The molecule has 1 aromatic rings. The standard InChI is InChI=1S/C14H14F3NO5/c1-8(19)23-7-12(20)18-11(13(21)22)6-9-2-4-10(5-3-9)14(15,16)17/h2-5,11H,6-7H2,1H3,(H,18,20)(H,21,22)/t11-/m0/s1. The first-order chi connectivity index (χ1) is 10.6. The molecule has 9 heteroatoms. The predicted octanol–water partition coefficient (Wildman–Crippen LogP) is 1.38. The molecule has 0 fully saturated rings. The number of hydrogen-bond acceptors (Lipinski definition) is 4. The number of nitrogens with one attached hydrogen (secondary N) is 1. The number of benzene rings is 1. The number of amides is 1. The van der Waals surface area contributed by atoms with Gasteiger partial charge in [-0.05, 0) is 17.7 Å². The van der Waals surface area contributed by atoms with Crippen molar-refractivity contribution >= 4 is 17.8 Å². The van der Waals surface area contributed by atoms with Crippen molar-refractivity contribution in [2.24, 2.45) is 0 Å². The Kier molecular flexibility index (Phi) is 6.11. The summed E-state index contributed by atoms with van der Waals surface area (Å²) >= 11 is 0. The lowest BCUT2D eigenvalue weighted by atomic mass is 10.0. The van der Waals surface area contributed by atoms with Gasteiger partial charge in [0.05, 0.1) is 5.56 Å². The van der Waals surface area contributed by atoms with Gasteiger partial charge in [-0.2, -0.15) is 13.2 Å². The molecule has 0 saturated carbocycles. The Bertz CT molecular complexity index is 583. The van der Waals surface area contributed by atoms with Crippen LogP contribution in [-0.4, -0.2) is 35.6 Å². The van der Waals surface area contributed by atoms with Crippen molar-refractivity contribution < 1.29 is 37.4 Å². The lowest BCUT2D eigenvalue weighted by Crippen LogP contribution is -2.44. The number of carbonyl (C=O) groups excluding carboxylic acids is 2. The van der Waals surface area contributed by atoms with Crippen LogP contribution in [0, 0.1) is 0 Å². The molecule has 0 aliphatic heterocycles. The summed E-state index contributed by atoms with van der Waals surface area (Å²) in [6.45, 7) is 0.455. The molecule has 0 spiro atoms. The van der Waals surface area contributed by atoms with Gasteiger partial charge in [-0.15, -0.1) is 0 Å². The van der Waals surface area contributed by atoms with Crippen LogP contribution in [-0.2, 0) is 31.7 Å². The van der Waals surface area contributed by atoms with Crippen molar-refractivity contribution in [1.82, 2.24) is 5.32 Å². The van der Waals surface area contributed by atoms with Crippen LogP contribution in [0.1, 0.15) is 18.1 Å². The molecule has 23 heavy (non-hydrogen) atoms. The Morgan fingerprint density at radius 2 is 1.78 bits per heavy atom. The topological polar surface area (TPSA) is 92.7 Å². The van der Waals surface area contributed by atoms with Crippen molar-refractivity contribution in [3.63, 3.8) is 0 Å². The molecule has 0 heterocycles. The largest absolute Gasteiger partial charge is 0.480 e. The summed E-state index contributed by atoms with van der Waals surface area (Å²) in [6.07, 6.45) is -4.69. The van der Waals surface area contributed by atoms with Crippen molar-refractivity contribution in [3.8, 4) is 0 Å². The van der Waals surface area contributed by atoms with Gasteiger partial charge in [0.25, 0.3) is 5.91 Å². The van der Waals surface area contributed by atoms with Crippen LogP contribution < -0.4 is 5.32 Å². The fourth-order valence-electron chi connectivity index (χ4n) is 1.67. The van der Waals surface area contributed by atoms with Crippen LogP contribution in [0.4, 0.5) is 13.2 Å². The molecule has 0 bridgehead atoms. The van der Waals surface area contributed by atoms with Gasteiger partial charge in [0.1, 0.15) is 6.04 Å². The molecular weight excluding hydrogens is 319 g/mol. The van der Waals surface area contributed by atoms with Crippen LogP contribution in [0.25, 0.3) is 0 Å². The summed E-state index contributed by atoms with van der Waals surface area (Å²) in [5.41, 5.74) is -0.551. The Morgan fingerprint density at radius 1 is 1.22 bits per heavy atom. The zero-order valence-electron chi connectivity index (χ0n) is 12.0. The van der Waals surface area contributed by atoms with Gasteiger partial charge in [-0.3, -0.25) is 9.59 Å². The summed E-state index contributed by atoms with van der Waals surface area (Å²) in [4.78, 5) is 33.1. The van der Waals surface area contributed by atoms with Gasteiger partial charge in [-0.1, -0.05) is 12.1 Å². The van der Waals surface area contributed by atoms with Gasteiger partial charge in [0.15, 0.2) is 6.61 Å². The van der Waals surface area contributed by atoms with E-state index in [0.717, 1.165) is 31.2 Å². The second-order valence-electron chi connectivity index (χ2n) is 4.64. The first-order valence-corrected chi connectivity index (χ1v) is 6.41. The molecule has 2 N–H and O–H groups in total. The van der Waals surface area contributed by atoms with E-state index >= 15 is 0 Å². The van der Waals surface area contributed by atoms with E-state index in [9.17, 15) is 27.6 Å². The number of hydrogen-bond donors (Lipinski definition) is 2. The first kappa shape index (κ1) is 18.5. The molecular formula is C14H14F3NO5. The zero-order chi connectivity index (χ0) is 17.6. The second-order valence-corrected chi connectivity index (χ2v) is 4.64. The molecule has 0 unspecified atom stereocenters. The number of halogens is 3. The Morgan fingerprint density at radius 3 is 2.22 bits per heavy atom. The molecule has 1 rings (SSSR count). The van der Waals surface area contributed by atoms with E-state index in [1.165, 1.54) is 0 Å². The maximum Gasteiger partial charge on any atom is 0.416 e. The molecule has 1 atom stereocenters. The van der Waals surface area contributed by atoms with E-state index in [4.69, 9.17) is 5.11 Å². The normalized spacial score (nSPS) is 12.3. The summed E-state index contributed by atoms with van der Waals surface area (Å²) in [7, 11) is 0. The zero-order valence-corrected chi connectivity index (χ0v) is 12.0. The highest BCUT2D eigenvalue weighted by Crippen LogP contribution is 2.29. The molecule has 0 saturated heterocycles. The van der Waals surface area contributed by atoms with Crippen LogP contribution in [0.15, 0.2) is 24.3 Å². The molecule has 0 aliphatic rings. The third-order valence-corrected chi connectivity index (χ3v) is 2.76. The third-order valence-electron chi connectivity index (χ3n) is 2.76. The number of carboxylic acid groups (broad SMARTS) is 1. The van der Waals surface area contributed by atoms with Gasteiger partial charge in [-0.25, -0.2) is 4.79 Å². The Balaban J connectivity index is 2.71. The van der Waals surface area contributed by atoms with Crippen LogP contribution >= 0.6 is 0 Å². The van der Waals surface area contributed by atoms with E-state index < -0.39 is 42.2 Å². The highest BCUT2D eigenvalue weighted by atomic mass is 19.4. The van der Waals surface area contributed by atoms with E-state index in [2.05, 4.69) is 10.1 Å². The SMILES string of the molecule is CC(=O)OCC(=O)N[C@@H](Cc1ccc(C(F)(F)F)cc1)C(=O)O. The molecule has 6 nitrogen and oxygen atoms in total. The van der Waals surface area contributed by atoms with E-state index in [0.29, 0.717) is 5.56 Å². The summed E-state index contributed by atoms with van der Waals surface area (Å²) in [5, 5.41) is 11.2. The molecule has 0 radical (unpaired) electrons. The van der Waals surface area contributed by atoms with Gasteiger partial charge < -0.3 is 15.2 Å². The summed E-state index contributed by atoms with van der Waals surface area (Å²) in [5.74, 6) is -2.88. The summed E-state index contributed by atoms with van der Waals surface area (Å²) < 4.78 is 41.7. The maximum atomic E-state index is 12.4. The second kappa shape index (κ2) is 7.61. The van der Waals surface area contributed by atoms with Crippen molar-refractivity contribution in [2.75, 3.05) is 6.61 Å². The molecule has 0 aliphatic carbocycles. The van der Waals surface area contributed by atoms with Crippen LogP contribution in [0.3, 0.4) is 0 Å². The number of aliphatic carboxylic acids is 1. The minimum absolute atomic E-state index is 0.209. The third kappa shape index (κ3) is 6.37. The minimum Gasteiger partial charge on any atom is -0.480 e. The Hall–Kier alpha value is -2.58. The fraction of sp³-hybridized carbons (Fsp3) is 0.357. The van der Waals surface area contributed by atoms with E-state index in [-0.39, 0.29) is 6.42 Å². The van der Waals surface area contributed by atoms with Crippen molar-refractivity contribution in [3.05, 3.63) is 35.4 Å². The van der Waals surface area contributed by atoms with Crippen molar-refractivity contribution in [2.45, 2.75) is 25.6 Å². The monoisotopic (exact) mass is 333 g/mol. The predicted molar refractivity (Wildman–Crippen MR) is 71.3 cm³/mol. The van der Waals surface area contributed by atoms with E-state index in [1.807, 2.05) is 0 Å². The summed E-state index contributed by atoms with van der Waals surface area (Å²) in [6, 6.07) is 2.58. The van der Waals surface area contributed by atoms with Gasteiger partial charge >= 0.3 is 18.1 Å². The maximum absolute atomic E-state index is 12.4. The van der Waals surface area contributed by atoms with Crippen molar-refractivity contribution in [1.29, 1.82) is 0 Å². The van der Waals surface area contributed by atoms with Gasteiger partial charge in [0, 0.05) is 13.3 Å². The smallest absolute Gasteiger partial charge is 0.416 e. The van der Waals surface area contributed by atoms with Gasteiger partial charge in [0.2, 0.25) is 0 Å². The molecule has 0 aromatic heterocycles. The number of alkyl halides is 3. The number of esters is 1. The fourth-order valence-corrected chi connectivity index (χ4v) is 1.67. The first-order valence-electron chi connectivity index (χ1n) is 6.41. The lowest BCUT2D eigenvalue weighted by Gasteiger charge is -2.15. The number of rotatable bonds is 6. The average Bonchev–Trinajstić information content (AvgIpc) is 2.44. The Labute approximate surface area is 129 Å². The number of carbonyl (C=O) groups is 3. The quantitative estimate of drug-likeness (QED) is 0.767. The van der Waals surface area contributed by atoms with Crippen LogP contribution in [0.5, 0.6) is 0 Å². The number of carboxylic acids is 1. The lowest BCUT2D eigenvalue weighted by molar-refractivity contribution is -0.148. The van der Waals surface area contributed by atoms with Crippen LogP contribution in [0.2, 0.25) is 0 Å².